The van der Waals surface area contributed by atoms with E-state index in [0.717, 1.165) is 5.56 Å². The molecule has 0 spiro atoms. The van der Waals surface area contributed by atoms with E-state index < -0.39 is 0 Å². The van der Waals surface area contributed by atoms with Crippen LogP contribution >= 0.6 is 11.6 Å². The van der Waals surface area contributed by atoms with Gasteiger partial charge in [0.1, 0.15) is 23.9 Å². The summed E-state index contributed by atoms with van der Waals surface area (Å²) in [7, 11) is 3.16. The Morgan fingerprint density at radius 3 is 2.48 bits per heavy atom. The van der Waals surface area contributed by atoms with Gasteiger partial charge in [-0.3, -0.25) is 4.79 Å². The molecule has 0 radical (unpaired) electrons. The Morgan fingerprint density at radius 1 is 1.08 bits per heavy atom. The molecule has 0 saturated heterocycles. The molecule has 0 aliphatic carbocycles. The zero-order chi connectivity index (χ0) is 18.1. The summed E-state index contributed by atoms with van der Waals surface area (Å²) in [6.07, 6.45) is 3.12. The maximum Gasteiger partial charge on any atom is 0.244 e. The van der Waals surface area contributed by atoms with Crippen molar-refractivity contribution in [1.29, 1.82) is 0 Å². The number of nitrogens with one attached hydrogen (secondary N) is 1. The molecule has 0 aromatic heterocycles. The van der Waals surface area contributed by atoms with Crippen molar-refractivity contribution in [1.82, 2.24) is 5.32 Å². The lowest BCUT2D eigenvalue weighted by atomic mass is 10.1. The van der Waals surface area contributed by atoms with Crippen LogP contribution in [0.2, 0.25) is 5.02 Å². The zero-order valence-electron chi connectivity index (χ0n) is 14.1. The Labute approximate surface area is 152 Å². The van der Waals surface area contributed by atoms with Gasteiger partial charge in [0.15, 0.2) is 0 Å². The third-order valence-corrected chi connectivity index (χ3v) is 3.59. The molecule has 6 heteroatoms. The minimum absolute atomic E-state index is 0.218. The number of ether oxygens (including phenoxy) is 3. The van der Waals surface area contributed by atoms with Crippen molar-refractivity contribution in [2.45, 2.75) is 0 Å². The molecular weight excluding hydrogens is 342 g/mol. The van der Waals surface area contributed by atoms with Crippen LogP contribution in [0.4, 0.5) is 0 Å². The number of rotatable bonds is 8. The molecule has 132 valence electrons. The maximum atomic E-state index is 11.9. The minimum atomic E-state index is -0.218. The average molecular weight is 362 g/mol. The van der Waals surface area contributed by atoms with E-state index >= 15 is 0 Å². The van der Waals surface area contributed by atoms with E-state index in [2.05, 4.69) is 5.32 Å². The fourth-order valence-electron chi connectivity index (χ4n) is 2.07. The number of benzene rings is 2. The molecule has 2 aromatic rings. The van der Waals surface area contributed by atoms with Crippen LogP contribution < -0.4 is 19.5 Å². The summed E-state index contributed by atoms with van der Waals surface area (Å²) in [6, 6.07) is 12.4. The highest BCUT2D eigenvalue weighted by molar-refractivity contribution is 6.30. The van der Waals surface area contributed by atoms with Gasteiger partial charge in [0, 0.05) is 16.7 Å². The molecule has 1 amide bonds. The van der Waals surface area contributed by atoms with E-state index in [1.807, 2.05) is 0 Å². The summed E-state index contributed by atoms with van der Waals surface area (Å²) < 4.78 is 15.9. The van der Waals surface area contributed by atoms with E-state index in [1.165, 1.54) is 6.08 Å². The van der Waals surface area contributed by atoms with Gasteiger partial charge in [0.2, 0.25) is 5.91 Å². The first-order valence-corrected chi connectivity index (χ1v) is 8.06. The number of methoxy groups -OCH3 is 2. The van der Waals surface area contributed by atoms with Gasteiger partial charge in [-0.1, -0.05) is 11.6 Å². The van der Waals surface area contributed by atoms with Crippen LogP contribution in [0.5, 0.6) is 17.2 Å². The predicted octanol–water partition coefficient (Wildman–Crippen LogP) is 3.57. The molecule has 0 heterocycles. The smallest absolute Gasteiger partial charge is 0.244 e. The number of hydrogen-bond donors (Lipinski definition) is 1. The molecule has 2 aromatic carbocycles. The van der Waals surface area contributed by atoms with Crippen molar-refractivity contribution in [2.24, 2.45) is 0 Å². The summed E-state index contributed by atoms with van der Waals surface area (Å²) in [5.74, 6) is 1.84. The standard InChI is InChI=1S/C19H20ClNO4/c1-23-17-8-9-18(24-2)14(13-17)3-10-19(22)21-11-12-25-16-6-4-15(20)5-7-16/h3-10,13H,11-12H2,1-2H3,(H,21,22)/b10-3+. The molecule has 0 unspecified atom stereocenters. The van der Waals surface area contributed by atoms with Crippen LogP contribution in [0, 0.1) is 0 Å². The van der Waals surface area contributed by atoms with Gasteiger partial charge < -0.3 is 19.5 Å². The first kappa shape index (κ1) is 18.7. The fourth-order valence-corrected chi connectivity index (χ4v) is 2.19. The van der Waals surface area contributed by atoms with Gasteiger partial charge in [-0.2, -0.15) is 0 Å². The number of halogens is 1. The third-order valence-electron chi connectivity index (χ3n) is 3.33. The van der Waals surface area contributed by atoms with Crippen molar-refractivity contribution in [3.05, 3.63) is 59.1 Å². The Balaban J connectivity index is 1.81. The van der Waals surface area contributed by atoms with Gasteiger partial charge in [-0.15, -0.1) is 0 Å². The molecule has 1 N–H and O–H groups in total. The molecule has 0 bridgehead atoms. The summed E-state index contributed by atoms with van der Waals surface area (Å²) in [4.78, 5) is 11.9. The van der Waals surface area contributed by atoms with E-state index in [-0.39, 0.29) is 5.91 Å². The number of carbonyl (C=O) groups is 1. The zero-order valence-corrected chi connectivity index (χ0v) is 14.9. The summed E-state index contributed by atoms with van der Waals surface area (Å²) in [6.45, 7) is 0.755. The predicted molar refractivity (Wildman–Crippen MR) is 98.5 cm³/mol. The molecule has 0 atom stereocenters. The third kappa shape index (κ3) is 6.04. The number of amides is 1. The van der Waals surface area contributed by atoms with Crippen LogP contribution in [-0.4, -0.2) is 33.3 Å². The van der Waals surface area contributed by atoms with Crippen LogP contribution in [0.3, 0.4) is 0 Å². The Morgan fingerprint density at radius 2 is 1.80 bits per heavy atom. The Bertz CT molecular complexity index is 729. The van der Waals surface area contributed by atoms with Gasteiger partial charge >= 0.3 is 0 Å². The van der Waals surface area contributed by atoms with E-state index in [0.29, 0.717) is 35.4 Å². The molecule has 0 aliphatic heterocycles. The minimum Gasteiger partial charge on any atom is -0.497 e. The van der Waals surface area contributed by atoms with Crippen LogP contribution in [0.15, 0.2) is 48.5 Å². The largest absolute Gasteiger partial charge is 0.497 e. The lowest BCUT2D eigenvalue weighted by Gasteiger charge is -2.08. The normalized spacial score (nSPS) is 10.5. The highest BCUT2D eigenvalue weighted by Gasteiger charge is 2.03. The monoisotopic (exact) mass is 361 g/mol. The van der Waals surface area contributed by atoms with Crippen LogP contribution in [0.25, 0.3) is 6.08 Å². The van der Waals surface area contributed by atoms with Crippen molar-refractivity contribution in [3.8, 4) is 17.2 Å². The summed E-state index contributed by atoms with van der Waals surface area (Å²) in [5, 5.41) is 3.40. The SMILES string of the molecule is COc1ccc(OC)c(/C=C/C(=O)NCCOc2ccc(Cl)cc2)c1. The maximum absolute atomic E-state index is 11.9. The lowest BCUT2D eigenvalue weighted by molar-refractivity contribution is -0.116. The van der Waals surface area contributed by atoms with Crippen molar-refractivity contribution < 1.29 is 19.0 Å². The second-order valence-electron chi connectivity index (χ2n) is 5.03. The quantitative estimate of drug-likeness (QED) is 0.577. The van der Waals surface area contributed by atoms with Crippen LogP contribution in [-0.2, 0) is 4.79 Å². The molecule has 0 aliphatic rings. The Hall–Kier alpha value is -2.66. The van der Waals surface area contributed by atoms with Crippen molar-refractivity contribution in [2.75, 3.05) is 27.4 Å². The molecule has 2 rings (SSSR count). The van der Waals surface area contributed by atoms with Gasteiger partial charge in [-0.05, 0) is 48.5 Å². The Kier molecular flexibility index (Phi) is 7.16. The van der Waals surface area contributed by atoms with E-state index in [4.69, 9.17) is 25.8 Å². The molecule has 0 fully saturated rings. The highest BCUT2D eigenvalue weighted by atomic mass is 35.5. The number of hydrogen-bond acceptors (Lipinski definition) is 4. The van der Waals surface area contributed by atoms with Crippen molar-refractivity contribution >= 4 is 23.6 Å². The van der Waals surface area contributed by atoms with Gasteiger partial charge in [0.25, 0.3) is 0 Å². The molecule has 0 saturated carbocycles. The first-order valence-electron chi connectivity index (χ1n) is 7.68. The van der Waals surface area contributed by atoms with Crippen molar-refractivity contribution in [3.63, 3.8) is 0 Å². The molecule has 25 heavy (non-hydrogen) atoms. The summed E-state index contributed by atoms with van der Waals surface area (Å²) >= 11 is 5.80. The highest BCUT2D eigenvalue weighted by Crippen LogP contribution is 2.25. The van der Waals surface area contributed by atoms with Gasteiger partial charge in [-0.25, -0.2) is 0 Å². The topological polar surface area (TPSA) is 56.8 Å². The van der Waals surface area contributed by atoms with Gasteiger partial charge in [0.05, 0.1) is 20.8 Å². The molecular formula is C19H20ClNO4. The first-order chi connectivity index (χ1) is 12.1. The average Bonchev–Trinajstić information content (AvgIpc) is 2.64. The van der Waals surface area contributed by atoms with E-state index in [9.17, 15) is 4.79 Å². The van der Waals surface area contributed by atoms with E-state index in [1.54, 1.807) is 62.8 Å². The second-order valence-corrected chi connectivity index (χ2v) is 5.47. The molecule has 5 nitrogen and oxygen atoms in total. The summed E-state index contributed by atoms with van der Waals surface area (Å²) in [5.41, 5.74) is 0.759. The second kappa shape index (κ2) is 9.59. The van der Waals surface area contributed by atoms with Crippen LogP contribution in [0.1, 0.15) is 5.56 Å². The lowest BCUT2D eigenvalue weighted by Crippen LogP contribution is -2.26. The fraction of sp³-hybridized carbons (Fsp3) is 0.211. The number of carbonyl (C=O) groups excluding carboxylic acids is 1.